The quantitative estimate of drug-likeness (QED) is 0.729. The average Bonchev–Trinajstić information content (AvgIpc) is 2.46. The number of hydrogen-bond donors (Lipinski definition) is 2. The Morgan fingerprint density at radius 1 is 1.29 bits per heavy atom. The Hall–Kier alpha value is -0.950. The molecule has 0 aromatic heterocycles. The summed E-state index contributed by atoms with van der Waals surface area (Å²) in [5, 5.41) is 8.96. The van der Waals surface area contributed by atoms with E-state index in [9.17, 15) is 8.42 Å². The maximum Gasteiger partial charge on any atom is 0.240 e. The zero-order valence-corrected chi connectivity index (χ0v) is 13.7. The molecule has 0 fully saturated rings. The lowest BCUT2D eigenvalue weighted by atomic mass is 9.99. The van der Waals surface area contributed by atoms with Gasteiger partial charge in [-0.15, -0.1) is 0 Å². The molecule has 2 atom stereocenters. The Kier molecular flexibility index (Phi) is 7.31. The predicted octanol–water partition coefficient (Wildman–Crippen LogP) is 1.88. The van der Waals surface area contributed by atoms with Crippen LogP contribution in [0.1, 0.15) is 38.2 Å². The summed E-state index contributed by atoms with van der Waals surface area (Å²) in [6.07, 6.45) is 1.33. The van der Waals surface area contributed by atoms with E-state index in [1.807, 2.05) is 12.1 Å². The summed E-state index contributed by atoms with van der Waals surface area (Å²) >= 11 is 0. The van der Waals surface area contributed by atoms with E-state index < -0.39 is 16.1 Å². The highest BCUT2D eigenvalue weighted by molar-refractivity contribution is 7.89. The van der Waals surface area contributed by atoms with Crippen LogP contribution in [-0.4, -0.2) is 39.9 Å². The molecule has 6 heteroatoms. The van der Waals surface area contributed by atoms with Crippen molar-refractivity contribution in [1.82, 2.24) is 4.72 Å². The summed E-state index contributed by atoms with van der Waals surface area (Å²) in [5.41, 5.74) is 1.13. The maximum atomic E-state index is 12.3. The van der Waals surface area contributed by atoms with Gasteiger partial charge in [0.15, 0.2) is 0 Å². The molecule has 2 N–H and O–H groups in total. The zero-order chi connectivity index (χ0) is 15.9. The summed E-state index contributed by atoms with van der Waals surface area (Å²) in [5.74, 6) is 0.408. The van der Waals surface area contributed by atoms with E-state index in [0.717, 1.165) is 12.0 Å². The molecule has 1 aromatic rings. The molecule has 0 saturated heterocycles. The fourth-order valence-electron chi connectivity index (χ4n) is 2.03. The van der Waals surface area contributed by atoms with Gasteiger partial charge in [-0.05, 0) is 36.5 Å². The lowest BCUT2D eigenvalue weighted by Gasteiger charge is -2.17. The minimum absolute atomic E-state index is 0.0938. The summed E-state index contributed by atoms with van der Waals surface area (Å²) < 4.78 is 32.1. The Bertz CT molecular complexity index is 507. The van der Waals surface area contributed by atoms with Crippen molar-refractivity contribution < 1.29 is 18.3 Å². The number of aliphatic hydroxyl groups excluding tert-OH is 1. The average molecular weight is 315 g/mol. The monoisotopic (exact) mass is 315 g/mol. The first kappa shape index (κ1) is 18.1. The summed E-state index contributed by atoms with van der Waals surface area (Å²) in [6.45, 7) is 4.34. The summed E-state index contributed by atoms with van der Waals surface area (Å²) in [7, 11) is -2.09. The van der Waals surface area contributed by atoms with Gasteiger partial charge in [-0.1, -0.05) is 26.0 Å². The number of sulfonamides is 1. The molecule has 0 spiro atoms. The number of aliphatic hydroxyl groups is 1. The first-order valence-corrected chi connectivity index (χ1v) is 8.65. The number of benzene rings is 1. The smallest absolute Gasteiger partial charge is 0.240 e. The van der Waals surface area contributed by atoms with E-state index in [-0.39, 0.29) is 18.1 Å². The van der Waals surface area contributed by atoms with Crippen molar-refractivity contribution >= 4 is 10.0 Å². The molecule has 21 heavy (non-hydrogen) atoms. The standard InChI is InChI=1S/C15H25NO4S/c1-4-12(2)13-5-7-15(8-6-13)21(18,19)16-14(9-10-17)11-20-3/h5-8,12,14,16-17H,4,9-11H2,1-3H3. The fourth-order valence-corrected chi connectivity index (χ4v) is 3.29. The highest BCUT2D eigenvalue weighted by Crippen LogP contribution is 2.20. The second kappa shape index (κ2) is 8.48. The van der Waals surface area contributed by atoms with E-state index in [2.05, 4.69) is 18.6 Å². The molecule has 120 valence electrons. The number of nitrogens with one attached hydrogen (secondary N) is 1. The van der Waals surface area contributed by atoms with Crippen LogP contribution < -0.4 is 4.72 Å². The molecule has 0 aliphatic rings. The van der Waals surface area contributed by atoms with Crippen LogP contribution in [-0.2, 0) is 14.8 Å². The van der Waals surface area contributed by atoms with Gasteiger partial charge in [0.1, 0.15) is 0 Å². The summed E-state index contributed by atoms with van der Waals surface area (Å²) in [4.78, 5) is 0.230. The van der Waals surface area contributed by atoms with Crippen molar-refractivity contribution in [2.24, 2.45) is 0 Å². The van der Waals surface area contributed by atoms with Crippen LogP contribution in [0, 0.1) is 0 Å². The highest BCUT2D eigenvalue weighted by Gasteiger charge is 2.20. The minimum atomic E-state index is -3.59. The molecule has 0 aliphatic carbocycles. The molecule has 0 heterocycles. The number of hydrogen-bond acceptors (Lipinski definition) is 4. The first-order chi connectivity index (χ1) is 9.94. The third kappa shape index (κ3) is 5.39. The van der Waals surface area contributed by atoms with Crippen LogP contribution in [0.15, 0.2) is 29.2 Å². The SMILES string of the molecule is CCC(C)c1ccc(S(=O)(=O)NC(CCO)COC)cc1. The van der Waals surface area contributed by atoms with Gasteiger partial charge < -0.3 is 9.84 Å². The molecule has 0 radical (unpaired) electrons. The third-order valence-corrected chi connectivity index (χ3v) is 5.08. The molecular formula is C15H25NO4S. The Morgan fingerprint density at radius 3 is 2.38 bits per heavy atom. The van der Waals surface area contributed by atoms with E-state index >= 15 is 0 Å². The van der Waals surface area contributed by atoms with Gasteiger partial charge >= 0.3 is 0 Å². The minimum Gasteiger partial charge on any atom is -0.396 e. The van der Waals surface area contributed by atoms with Crippen molar-refractivity contribution in [3.63, 3.8) is 0 Å². The van der Waals surface area contributed by atoms with Gasteiger partial charge in [0.2, 0.25) is 10.0 Å². The van der Waals surface area contributed by atoms with E-state index in [4.69, 9.17) is 9.84 Å². The van der Waals surface area contributed by atoms with Gasteiger partial charge in [0.05, 0.1) is 11.5 Å². The van der Waals surface area contributed by atoms with E-state index in [0.29, 0.717) is 12.3 Å². The molecular weight excluding hydrogens is 290 g/mol. The van der Waals surface area contributed by atoms with Crippen LogP contribution >= 0.6 is 0 Å². The molecule has 5 nitrogen and oxygen atoms in total. The van der Waals surface area contributed by atoms with Gasteiger partial charge in [0.25, 0.3) is 0 Å². The van der Waals surface area contributed by atoms with Crippen molar-refractivity contribution in [2.45, 2.75) is 43.5 Å². The summed E-state index contributed by atoms with van der Waals surface area (Å²) in [6, 6.07) is 6.50. The van der Waals surface area contributed by atoms with Crippen LogP contribution in [0.25, 0.3) is 0 Å². The third-order valence-electron chi connectivity index (χ3n) is 3.54. The van der Waals surface area contributed by atoms with Crippen LogP contribution in [0.3, 0.4) is 0 Å². The van der Waals surface area contributed by atoms with Gasteiger partial charge in [-0.2, -0.15) is 0 Å². The van der Waals surface area contributed by atoms with Crippen molar-refractivity contribution in [1.29, 1.82) is 0 Å². The molecule has 0 saturated carbocycles. The lowest BCUT2D eigenvalue weighted by molar-refractivity contribution is 0.158. The van der Waals surface area contributed by atoms with E-state index in [1.54, 1.807) is 12.1 Å². The zero-order valence-electron chi connectivity index (χ0n) is 12.9. The van der Waals surface area contributed by atoms with E-state index in [1.165, 1.54) is 7.11 Å². The first-order valence-electron chi connectivity index (χ1n) is 7.16. The molecule has 0 aliphatic heterocycles. The lowest BCUT2D eigenvalue weighted by Crippen LogP contribution is -2.38. The molecule has 0 bridgehead atoms. The maximum absolute atomic E-state index is 12.3. The number of rotatable bonds is 9. The van der Waals surface area contributed by atoms with Gasteiger partial charge in [-0.3, -0.25) is 0 Å². The number of ether oxygens (including phenoxy) is 1. The largest absolute Gasteiger partial charge is 0.396 e. The van der Waals surface area contributed by atoms with Crippen molar-refractivity contribution in [3.05, 3.63) is 29.8 Å². The van der Waals surface area contributed by atoms with Crippen LogP contribution in [0.4, 0.5) is 0 Å². The molecule has 1 aromatic carbocycles. The molecule has 1 rings (SSSR count). The second-order valence-electron chi connectivity index (χ2n) is 5.16. The van der Waals surface area contributed by atoms with Crippen LogP contribution in [0.5, 0.6) is 0 Å². The fraction of sp³-hybridized carbons (Fsp3) is 0.600. The van der Waals surface area contributed by atoms with Crippen molar-refractivity contribution in [2.75, 3.05) is 20.3 Å². The second-order valence-corrected chi connectivity index (χ2v) is 6.88. The van der Waals surface area contributed by atoms with Crippen molar-refractivity contribution in [3.8, 4) is 0 Å². The van der Waals surface area contributed by atoms with Crippen LogP contribution in [0.2, 0.25) is 0 Å². The Labute approximate surface area is 127 Å². The normalized spacial score (nSPS) is 14.9. The molecule has 0 amide bonds. The van der Waals surface area contributed by atoms with Gasteiger partial charge in [-0.25, -0.2) is 13.1 Å². The Balaban J connectivity index is 2.86. The topological polar surface area (TPSA) is 75.6 Å². The molecule has 2 unspecified atom stereocenters. The Morgan fingerprint density at radius 2 is 1.90 bits per heavy atom. The number of methoxy groups -OCH3 is 1. The van der Waals surface area contributed by atoms with Gasteiger partial charge in [0, 0.05) is 19.8 Å². The highest BCUT2D eigenvalue weighted by atomic mass is 32.2. The predicted molar refractivity (Wildman–Crippen MR) is 82.8 cm³/mol.